The molecule has 30 heavy (non-hydrogen) atoms. The van der Waals surface area contributed by atoms with Gasteiger partial charge in [-0.05, 0) is 30.7 Å². The summed E-state index contributed by atoms with van der Waals surface area (Å²) in [6.07, 6.45) is -1.40. The van der Waals surface area contributed by atoms with Gasteiger partial charge >= 0.3 is 0 Å². The second-order valence-corrected chi connectivity index (χ2v) is 7.89. The molecule has 0 fully saturated rings. The van der Waals surface area contributed by atoms with Crippen LogP contribution >= 0.6 is 11.8 Å². The van der Waals surface area contributed by atoms with Gasteiger partial charge in [0.25, 0.3) is 5.91 Å². The third-order valence-electron chi connectivity index (χ3n) is 4.30. The van der Waals surface area contributed by atoms with E-state index in [1.54, 1.807) is 30.3 Å². The lowest BCUT2D eigenvalue weighted by Gasteiger charge is -2.36. The third-order valence-corrected chi connectivity index (χ3v) is 5.66. The second-order valence-electron chi connectivity index (χ2n) is 6.63. The number of hydrazone groups is 1. The Bertz CT molecular complexity index is 987. The van der Waals surface area contributed by atoms with E-state index >= 15 is 0 Å². The summed E-state index contributed by atoms with van der Waals surface area (Å²) in [5.41, 5.74) is 5.84. The maximum atomic E-state index is 14.4. The van der Waals surface area contributed by atoms with E-state index < -0.39 is 28.5 Å². The number of ether oxygens (including phenoxy) is 1. The van der Waals surface area contributed by atoms with E-state index in [0.29, 0.717) is 5.56 Å². The zero-order valence-corrected chi connectivity index (χ0v) is 16.8. The minimum absolute atomic E-state index is 0.0521. The predicted octanol–water partition coefficient (Wildman–Crippen LogP) is 2.39. The fourth-order valence-corrected chi connectivity index (χ4v) is 4.24. The molecule has 1 aliphatic rings. The van der Waals surface area contributed by atoms with Gasteiger partial charge in [0.2, 0.25) is 0 Å². The van der Waals surface area contributed by atoms with Gasteiger partial charge in [-0.1, -0.05) is 42.1 Å². The van der Waals surface area contributed by atoms with Gasteiger partial charge in [-0.2, -0.15) is 5.10 Å². The Morgan fingerprint density at radius 3 is 2.67 bits per heavy atom. The fourth-order valence-electron chi connectivity index (χ4n) is 2.92. The van der Waals surface area contributed by atoms with E-state index in [4.69, 9.17) is 15.9 Å². The maximum absolute atomic E-state index is 14.4. The van der Waals surface area contributed by atoms with Gasteiger partial charge in [-0.3, -0.25) is 10.2 Å². The highest BCUT2D eigenvalue weighted by Crippen LogP contribution is 2.48. The van der Waals surface area contributed by atoms with Crippen LogP contribution in [0.5, 0.6) is 0 Å². The van der Waals surface area contributed by atoms with Crippen LogP contribution in [0, 0.1) is 17.0 Å². The average molecular weight is 434 g/mol. The first-order valence-corrected chi connectivity index (χ1v) is 9.77. The highest BCUT2D eigenvalue weighted by molar-refractivity contribution is 8.15. The van der Waals surface area contributed by atoms with Gasteiger partial charge in [0, 0.05) is 5.56 Å². The average Bonchev–Trinajstić information content (AvgIpc) is 3.10. The van der Waals surface area contributed by atoms with Crippen molar-refractivity contribution in [2.45, 2.75) is 17.9 Å². The summed E-state index contributed by atoms with van der Waals surface area (Å²) in [7, 11) is 0. The van der Waals surface area contributed by atoms with Crippen LogP contribution in [0.2, 0.25) is 0 Å². The number of benzene rings is 2. The third kappa shape index (κ3) is 4.35. The SMILES string of the molecule is C[C@H](O)C(=O)N1N=C(c2cc(F)ccc2F)SC1(COCC(=N)N)c1ccccc1. The Kier molecular flexibility index (Phi) is 6.49. The molecule has 2 aromatic carbocycles. The molecule has 0 saturated carbocycles. The zero-order chi connectivity index (χ0) is 21.9. The molecule has 1 heterocycles. The van der Waals surface area contributed by atoms with Gasteiger partial charge in [-0.25, -0.2) is 13.8 Å². The van der Waals surface area contributed by atoms with E-state index in [9.17, 15) is 18.7 Å². The van der Waals surface area contributed by atoms with E-state index in [1.165, 1.54) is 6.92 Å². The Morgan fingerprint density at radius 1 is 1.33 bits per heavy atom. The van der Waals surface area contributed by atoms with Crippen LogP contribution in [0.4, 0.5) is 8.78 Å². The molecular formula is C20H20F2N4O3S. The van der Waals surface area contributed by atoms with E-state index in [-0.39, 0.29) is 29.7 Å². The molecule has 10 heteroatoms. The number of nitrogens with two attached hydrogens (primary N) is 1. The van der Waals surface area contributed by atoms with Crippen LogP contribution in [-0.4, -0.2) is 46.2 Å². The standard InChI is InChI=1S/C20H20F2N4O3S/c1-12(27)19(28)26-20(11-29-10-17(23)24,13-5-3-2-4-6-13)30-18(25-26)15-9-14(21)7-8-16(15)22/h2-9,12,27H,10-11H2,1H3,(H3,23,24)/t12-,20?/m0/s1. The topological polar surface area (TPSA) is 112 Å². The molecule has 1 aliphatic heterocycles. The number of carbonyl (C=O) groups is 1. The Morgan fingerprint density at radius 2 is 2.03 bits per heavy atom. The molecule has 0 spiro atoms. The summed E-state index contributed by atoms with van der Waals surface area (Å²) < 4.78 is 33.8. The normalized spacial score (nSPS) is 19.5. The lowest BCUT2D eigenvalue weighted by Crippen LogP contribution is -2.48. The molecule has 0 bridgehead atoms. The summed E-state index contributed by atoms with van der Waals surface area (Å²) in [6.45, 7) is 0.925. The van der Waals surface area contributed by atoms with E-state index in [2.05, 4.69) is 5.10 Å². The molecule has 2 aromatic rings. The van der Waals surface area contributed by atoms with Crippen LogP contribution in [0.3, 0.4) is 0 Å². The van der Waals surface area contributed by atoms with Crippen LogP contribution < -0.4 is 5.73 Å². The number of thioether (sulfide) groups is 1. The number of carbonyl (C=O) groups excluding carboxylic acids is 1. The van der Waals surface area contributed by atoms with Crippen molar-refractivity contribution >= 4 is 28.5 Å². The zero-order valence-electron chi connectivity index (χ0n) is 16.0. The summed E-state index contributed by atoms with van der Waals surface area (Å²) in [5, 5.41) is 22.6. The van der Waals surface area contributed by atoms with Crippen molar-refractivity contribution in [3.63, 3.8) is 0 Å². The van der Waals surface area contributed by atoms with E-state index in [0.717, 1.165) is 35.0 Å². The van der Waals surface area contributed by atoms with Crippen molar-refractivity contribution in [1.82, 2.24) is 5.01 Å². The highest BCUT2D eigenvalue weighted by atomic mass is 32.2. The van der Waals surface area contributed by atoms with Crippen molar-refractivity contribution < 1.29 is 23.4 Å². The van der Waals surface area contributed by atoms with Crippen molar-refractivity contribution in [2.75, 3.05) is 13.2 Å². The molecule has 7 nitrogen and oxygen atoms in total. The molecule has 4 N–H and O–H groups in total. The minimum Gasteiger partial charge on any atom is -0.386 e. The van der Waals surface area contributed by atoms with Crippen LogP contribution in [0.1, 0.15) is 18.1 Å². The van der Waals surface area contributed by atoms with Gasteiger partial charge < -0.3 is 15.6 Å². The smallest absolute Gasteiger partial charge is 0.272 e. The molecule has 2 atom stereocenters. The summed E-state index contributed by atoms with van der Waals surface area (Å²) >= 11 is 0.994. The van der Waals surface area contributed by atoms with Gasteiger partial charge in [-0.15, -0.1) is 0 Å². The van der Waals surface area contributed by atoms with Crippen molar-refractivity contribution in [3.8, 4) is 0 Å². The van der Waals surface area contributed by atoms with E-state index in [1.807, 2.05) is 0 Å². The number of amides is 1. The molecule has 0 aromatic heterocycles. The van der Waals surface area contributed by atoms with Crippen molar-refractivity contribution in [3.05, 3.63) is 71.3 Å². The Hall–Kier alpha value is -2.82. The number of hydrogen-bond acceptors (Lipinski definition) is 6. The van der Waals surface area contributed by atoms with Gasteiger partial charge in [0.15, 0.2) is 4.87 Å². The Labute approximate surface area is 176 Å². The number of hydrogen-bond donors (Lipinski definition) is 3. The number of nitrogens with zero attached hydrogens (tertiary/aromatic N) is 2. The number of amidine groups is 1. The quantitative estimate of drug-likeness (QED) is 0.458. The van der Waals surface area contributed by atoms with Crippen LogP contribution in [-0.2, 0) is 14.4 Å². The molecule has 158 valence electrons. The number of rotatable bonds is 7. The Balaban J connectivity index is 2.12. The number of aliphatic hydroxyl groups is 1. The monoisotopic (exact) mass is 434 g/mol. The lowest BCUT2D eigenvalue weighted by atomic mass is 10.1. The van der Waals surface area contributed by atoms with Crippen molar-refractivity contribution in [1.29, 1.82) is 5.41 Å². The van der Waals surface area contributed by atoms with Crippen LogP contribution in [0.25, 0.3) is 0 Å². The first-order valence-electron chi connectivity index (χ1n) is 8.96. The largest absolute Gasteiger partial charge is 0.386 e. The van der Waals surface area contributed by atoms with Gasteiger partial charge in [0.05, 0.1) is 6.61 Å². The molecule has 0 saturated heterocycles. The number of nitrogens with one attached hydrogen (secondary N) is 1. The number of aliphatic hydroxyl groups excluding tert-OH is 1. The predicted molar refractivity (Wildman–Crippen MR) is 110 cm³/mol. The molecule has 1 unspecified atom stereocenters. The minimum atomic E-state index is -1.40. The van der Waals surface area contributed by atoms with Crippen molar-refractivity contribution in [2.24, 2.45) is 10.8 Å². The highest BCUT2D eigenvalue weighted by Gasteiger charge is 2.50. The molecular weight excluding hydrogens is 414 g/mol. The van der Waals surface area contributed by atoms with Crippen LogP contribution in [0.15, 0.2) is 53.6 Å². The molecule has 3 rings (SSSR count). The first kappa shape index (κ1) is 21.9. The second kappa shape index (κ2) is 8.90. The fraction of sp³-hybridized carbons (Fsp3) is 0.250. The summed E-state index contributed by atoms with van der Waals surface area (Å²) in [6, 6.07) is 11.7. The molecule has 0 radical (unpaired) electrons. The van der Waals surface area contributed by atoms with Gasteiger partial charge in [0.1, 0.15) is 35.2 Å². The number of halogens is 2. The lowest BCUT2D eigenvalue weighted by molar-refractivity contribution is -0.144. The maximum Gasteiger partial charge on any atom is 0.272 e. The first-order chi connectivity index (χ1) is 14.2. The summed E-state index contributed by atoms with van der Waals surface area (Å²) in [4.78, 5) is 11.5. The molecule has 0 aliphatic carbocycles. The summed E-state index contributed by atoms with van der Waals surface area (Å²) in [5.74, 6) is -2.33. The molecule has 1 amide bonds.